The molecule has 0 bridgehead atoms. The number of rotatable bonds is 11. The minimum absolute atomic E-state index is 0.191. The number of thioether (sulfide) groups is 1. The molecule has 0 spiro atoms. The standard InChI is InChI=1S/C25H27N3O4S/c29-23(28-32)14-7-15-33-17-22(25(31)26-16-18-8-2-1-3-9-18)27-24(30)21-13-6-11-19-10-4-5-12-20(19)21/h1-6,8-13,22,32H,7,14-17H2,(H,26,31)(H,27,30)(H,28,29)/t22-/m0/s1. The quantitative estimate of drug-likeness (QED) is 0.198. The van der Waals surface area contributed by atoms with Gasteiger partial charge in [-0.1, -0.05) is 66.7 Å². The fourth-order valence-corrected chi connectivity index (χ4v) is 4.33. The number of hydroxylamine groups is 1. The zero-order valence-corrected chi connectivity index (χ0v) is 18.9. The predicted molar refractivity (Wildman–Crippen MR) is 130 cm³/mol. The fourth-order valence-electron chi connectivity index (χ4n) is 3.34. The Bertz CT molecular complexity index is 1090. The second-order valence-corrected chi connectivity index (χ2v) is 8.62. The van der Waals surface area contributed by atoms with Gasteiger partial charge in [0.1, 0.15) is 6.04 Å². The number of amides is 3. The molecular formula is C25H27N3O4S. The molecule has 3 amide bonds. The average Bonchev–Trinajstić information content (AvgIpc) is 2.86. The third-order valence-corrected chi connectivity index (χ3v) is 6.21. The van der Waals surface area contributed by atoms with Gasteiger partial charge in [0, 0.05) is 24.3 Å². The van der Waals surface area contributed by atoms with Gasteiger partial charge in [0.2, 0.25) is 11.8 Å². The van der Waals surface area contributed by atoms with Crippen molar-refractivity contribution in [2.45, 2.75) is 25.4 Å². The molecule has 33 heavy (non-hydrogen) atoms. The van der Waals surface area contributed by atoms with Crippen LogP contribution in [0.4, 0.5) is 0 Å². The summed E-state index contributed by atoms with van der Waals surface area (Å²) in [5.74, 6) is -0.0604. The highest BCUT2D eigenvalue weighted by Gasteiger charge is 2.22. The molecule has 0 heterocycles. The summed E-state index contributed by atoms with van der Waals surface area (Å²) < 4.78 is 0. The molecule has 172 valence electrons. The van der Waals surface area contributed by atoms with Gasteiger partial charge in [-0.15, -0.1) is 0 Å². The third-order valence-electron chi connectivity index (χ3n) is 5.07. The molecule has 0 saturated heterocycles. The Morgan fingerprint density at radius 3 is 2.42 bits per heavy atom. The van der Waals surface area contributed by atoms with Crippen molar-refractivity contribution in [3.63, 3.8) is 0 Å². The van der Waals surface area contributed by atoms with E-state index in [2.05, 4.69) is 10.6 Å². The van der Waals surface area contributed by atoms with E-state index in [1.165, 1.54) is 11.8 Å². The molecule has 3 aromatic rings. The molecule has 0 aliphatic rings. The number of benzene rings is 3. The molecule has 1 atom stereocenters. The number of hydrogen-bond donors (Lipinski definition) is 4. The van der Waals surface area contributed by atoms with E-state index in [0.29, 0.717) is 30.0 Å². The molecule has 0 radical (unpaired) electrons. The van der Waals surface area contributed by atoms with Gasteiger partial charge in [0.15, 0.2) is 0 Å². The Labute approximate surface area is 196 Å². The van der Waals surface area contributed by atoms with Crippen LogP contribution in [0.25, 0.3) is 10.8 Å². The van der Waals surface area contributed by atoms with E-state index >= 15 is 0 Å². The topological polar surface area (TPSA) is 108 Å². The summed E-state index contributed by atoms with van der Waals surface area (Å²) >= 11 is 1.47. The highest BCUT2D eigenvalue weighted by atomic mass is 32.2. The third kappa shape index (κ3) is 7.34. The van der Waals surface area contributed by atoms with Crippen molar-refractivity contribution in [2.75, 3.05) is 11.5 Å². The summed E-state index contributed by atoms with van der Waals surface area (Å²) in [7, 11) is 0. The number of fused-ring (bicyclic) bond motifs is 1. The van der Waals surface area contributed by atoms with Gasteiger partial charge < -0.3 is 10.6 Å². The zero-order valence-electron chi connectivity index (χ0n) is 18.1. The fraction of sp³-hybridized carbons (Fsp3) is 0.240. The van der Waals surface area contributed by atoms with E-state index in [9.17, 15) is 14.4 Å². The van der Waals surface area contributed by atoms with Gasteiger partial charge in [-0.25, -0.2) is 5.48 Å². The maximum Gasteiger partial charge on any atom is 0.252 e. The van der Waals surface area contributed by atoms with E-state index in [1.807, 2.05) is 66.7 Å². The molecule has 0 fully saturated rings. The van der Waals surface area contributed by atoms with Gasteiger partial charge in [0.05, 0.1) is 0 Å². The van der Waals surface area contributed by atoms with Crippen LogP contribution < -0.4 is 16.1 Å². The van der Waals surface area contributed by atoms with Crippen molar-refractivity contribution in [1.29, 1.82) is 0 Å². The first-order valence-corrected chi connectivity index (χ1v) is 11.8. The largest absolute Gasteiger partial charge is 0.350 e. The van der Waals surface area contributed by atoms with E-state index in [1.54, 1.807) is 11.5 Å². The molecule has 0 aliphatic carbocycles. The van der Waals surface area contributed by atoms with Crippen molar-refractivity contribution in [1.82, 2.24) is 16.1 Å². The SMILES string of the molecule is O=C(CCCSC[C@H](NC(=O)c1cccc2ccccc12)C(=O)NCc1ccccc1)NO. The highest BCUT2D eigenvalue weighted by molar-refractivity contribution is 7.99. The van der Waals surface area contributed by atoms with Gasteiger partial charge in [-0.2, -0.15) is 11.8 Å². The predicted octanol–water partition coefficient (Wildman–Crippen LogP) is 3.27. The summed E-state index contributed by atoms with van der Waals surface area (Å²) in [4.78, 5) is 37.2. The van der Waals surface area contributed by atoms with Crippen LogP contribution in [0, 0.1) is 0 Å². The molecule has 3 rings (SSSR count). The molecule has 7 nitrogen and oxygen atoms in total. The maximum absolute atomic E-state index is 13.1. The summed E-state index contributed by atoms with van der Waals surface area (Å²) in [5, 5.41) is 16.1. The lowest BCUT2D eigenvalue weighted by molar-refractivity contribution is -0.129. The van der Waals surface area contributed by atoms with E-state index in [0.717, 1.165) is 16.3 Å². The Hall–Kier alpha value is -3.36. The molecule has 0 unspecified atom stereocenters. The first-order chi connectivity index (χ1) is 16.1. The summed E-state index contributed by atoms with van der Waals surface area (Å²) in [6, 6.07) is 21.9. The summed E-state index contributed by atoms with van der Waals surface area (Å²) in [6.07, 6.45) is 0.740. The van der Waals surface area contributed by atoms with Crippen molar-refractivity contribution in [2.24, 2.45) is 0 Å². The molecule has 0 saturated carbocycles. The molecule has 0 aliphatic heterocycles. The lowest BCUT2D eigenvalue weighted by Crippen LogP contribution is -2.48. The van der Waals surface area contributed by atoms with Crippen LogP contribution in [0.2, 0.25) is 0 Å². The van der Waals surface area contributed by atoms with E-state index in [-0.39, 0.29) is 18.2 Å². The summed E-state index contributed by atoms with van der Waals surface area (Å²) in [5.41, 5.74) is 3.08. The minimum atomic E-state index is -0.739. The minimum Gasteiger partial charge on any atom is -0.350 e. The van der Waals surface area contributed by atoms with E-state index in [4.69, 9.17) is 5.21 Å². The van der Waals surface area contributed by atoms with Gasteiger partial charge in [-0.05, 0) is 34.6 Å². The van der Waals surface area contributed by atoms with Crippen LogP contribution in [0.3, 0.4) is 0 Å². The Morgan fingerprint density at radius 2 is 1.64 bits per heavy atom. The summed E-state index contributed by atoms with van der Waals surface area (Å²) in [6.45, 7) is 0.363. The van der Waals surface area contributed by atoms with E-state index < -0.39 is 11.9 Å². The lowest BCUT2D eigenvalue weighted by Gasteiger charge is -2.19. The first-order valence-electron chi connectivity index (χ1n) is 10.7. The number of carbonyl (C=O) groups is 3. The Balaban J connectivity index is 1.66. The van der Waals surface area contributed by atoms with Crippen molar-refractivity contribution < 1.29 is 19.6 Å². The smallest absolute Gasteiger partial charge is 0.252 e. The van der Waals surface area contributed by atoms with Crippen molar-refractivity contribution in [3.8, 4) is 0 Å². The van der Waals surface area contributed by atoms with Gasteiger partial charge >= 0.3 is 0 Å². The number of hydrogen-bond acceptors (Lipinski definition) is 5. The van der Waals surface area contributed by atoms with Crippen molar-refractivity contribution in [3.05, 3.63) is 83.9 Å². The molecule has 0 aromatic heterocycles. The normalized spacial score (nSPS) is 11.5. The van der Waals surface area contributed by atoms with Crippen LogP contribution in [0.15, 0.2) is 72.8 Å². The van der Waals surface area contributed by atoms with Crippen molar-refractivity contribution >= 4 is 40.3 Å². The molecular weight excluding hydrogens is 438 g/mol. The van der Waals surface area contributed by atoms with Crippen LogP contribution in [-0.4, -0.2) is 40.5 Å². The van der Waals surface area contributed by atoms with Crippen LogP contribution in [0.1, 0.15) is 28.8 Å². The first kappa shape index (κ1) is 24.3. The van der Waals surface area contributed by atoms with Crippen LogP contribution in [-0.2, 0) is 16.1 Å². The number of nitrogens with one attached hydrogen (secondary N) is 3. The lowest BCUT2D eigenvalue weighted by atomic mass is 10.0. The second kappa shape index (κ2) is 12.6. The zero-order chi connectivity index (χ0) is 23.5. The Morgan fingerprint density at radius 1 is 0.909 bits per heavy atom. The average molecular weight is 466 g/mol. The number of carbonyl (C=O) groups excluding carboxylic acids is 3. The monoisotopic (exact) mass is 465 g/mol. The van der Waals surface area contributed by atoms with Gasteiger partial charge in [-0.3, -0.25) is 19.6 Å². The molecule has 8 heteroatoms. The van der Waals surface area contributed by atoms with Crippen LogP contribution in [0.5, 0.6) is 0 Å². The van der Waals surface area contributed by atoms with Crippen LogP contribution >= 0.6 is 11.8 Å². The van der Waals surface area contributed by atoms with Gasteiger partial charge in [0.25, 0.3) is 5.91 Å². The molecule has 3 aromatic carbocycles. The molecule has 4 N–H and O–H groups in total. The maximum atomic E-state index is 13.1. The Kier molecular flexibility index (Phi) is 9.29. The highest BCUT2D eigenvalue weighted by Crippen LogP contribution is 2.19. The second-order valence-electron chi connectivity index (χ2n) is 7.47.